The summed E-state index contributed by atoms with van der Waals surface area (Å²) in [5.74, 6) is -1.89. The van der Waals surface area contributed by atoms with Crippen LogP contribution in [0.4, 0.5) is 4.39 Å². The maximum absolute atomic E-state index is 13.3. The maximum atomic E-state index is 13.3. The Bertz CT molecular complexity index is 680. The number of carbonyl (C=O) groups is 1. The van der Waals surface area contributed by atoms with Crippen molar-refractivity contribution in [3.63, 3.8) is 0 Å². The van der Waals surface area contributed by atoms with Crippen LogP contribution in [0, 0.1) is 17.1 Å². The van der Waals surface area contributed by atoms with Crippen molar-refractivity contribution in [2.24, 2.45) is 0 Å². The van der Waals surface area contributed by atoms with Crippen molar-refractivity contribution in [2.75, 3.05) is 0 Å². The average Bonchev–Trinajstić information content (AvgIpc) is 2.39. The van der Waals surface area contributed by atoms with Gasteiger partial charge < -0.3 is 9.84 Å². The lowest BCUT2D eigenvalue weighted by Gasteiger charge is -2.07. The molecule has 0 spiro atoms. The molecule has 1 N–H and O–H groups in total. The Hall–Kier alpha value is -2.94. The number of nitrogens with zero attached hydrogens (tertiary/aromatic N) is 2. The van der Waals surface area contributed by atoms with Gasteiger partial charge >= 0.3 is 5.97 Å². The highest BCUT2D eigenvalue weighted by atomic mass is 19.1. The first-order chi connectivity index (χ1) is 9.11. The van der Waals surface area contributed by atoms with Crippen molar-refractivity contribution >= 4 is 5.97 Å². The summed E-state index contributed by atoms with van der Waals surface area (Å²) in [6.45, 7) is 0. The van der Waals surface area contributed by atoms with Gasteiger partial charge in [0, 0.05) is 12.3 Å². The van der Waals surface area contributed by atoms with Gasteiger partial charge in [0.1, 0.15) is 23.2 Å². The molecule has 6 heteroatoms. The molecule has 1 aromatic carbocycles. The molecule has 0 fully saturated rings. The van der Waals surface area contributed by atoms with E-state index in [2.05, 4.69) is 4.98 Å². The van der Waals surface area contributed by atoms with Gasteiger partial charge in [-0.1, -0.05) is 6.07 Å². The fraction of sp³-hybridized carbons (Fsp3) is 0. The third-order valence-electron chi connectivity index (χ3n) is 2.28. The molecule has 0 bridgehead atoms. The monoisotopic (exact) mass is 258 g/mol. The van der Waals surface area contributed by atoms with Crippen molar-refractivity contribution < 1.29 is 19.0 Å². The van der Waals surface area contributed by atoms with Crippen LogP contribution in [0.3, 0.4) is 0 Å². The first-order valence-electron chi connectivity index (χ1n) is 5.17. The highest BCUT2D eigenvalue weighted by Gasteiger charge is 2.11. The summed E-state index contributed by atoms with van der Waals surface area (Å²) in [5.41, 5.74) is -0.273. The summed E-state index contributed by atoms with van der Waals surface area (Å²) in [4.78, 5) is 14.6. The number of rotatable bonds is 3. The van der Waals surface area contributed by atoms with Crippen molar-refractivity contribution in [2.45, 2.75) is 0 Å². The first-order valence-corrected chi connectivity index (χ1v) is 5.17. The number of halogens is 1. The molecule has 2 rings (SSSR count). The molecule has 0 saturated carbocycles. The second-order valence-electron chi connectivity index (χ2n) is 3.51. The van der Waals surface area contributed by atoms with Crippen LogP contribution in [0.5, 0.6) is 11.6 Å². The van der Waals surface area contributed by atoms with Crippen molar-refractivity contribution in [1.29, 1.82) is 5.26 Å². The van der Waals surface area contributed by atoms with E-state index in [0.29, 0.717) is 0 Å². The Morgan fingerprint density at radius 3 is 2.89 bits per heavy atom. The van der Waals surface area contributed by atoms with Crippen LogP contribution in [-0.2, 0) is 0 Å². The van der Waals surface area contributed by atoms with Crippen LogP contribution in [0.2, 0.25) is 0 Å². The summed E-state index contributed by atoms with van der Waals surface area (Å²) < 4.78 is 18.6. The zero-order valence-electron chi connectivity index (χ0n) is 9.50. The van der Waals surface area contributed by atoms with E-state index in [-0.39, 0.29) is 22.8 Å². The molecular formula is C13H7FN2O3. The summed E-state index contributed by atoms with van der Waals surface area (Å²) in [5, 5.41) is 17.7. The third-order valence-corrected chi connectivity index (χ3v) is 2.28. The largest absolute Gasteiger partial charge is 0.478 e. The number of benzene rings is 1. The number of ether oxygens (including phenoxy) is 1. The number of nitriles is 1. The number of aromatic carboxylic acids is 1. The quantitative estimate of drug-likeness (QED) is 0.914. The van der Waals surface area contributed by atoms with Crippen LogP contribution in [-0.4, -0.2) is 16.1 Å². The zero-order chi connectivity index (χ0) is 13.8. The SMILES string of the molecule is N#Cc1c(F)cccc1Oc1cc(C(=O)O)ccn1. The molecule has 0 atom stereocenters. The normalized spacial score (nSPS) is 9.68. The summed E-state index contributed by atoms with van der Waals surface area (Å²) >= 11 is 0. The molecule has 19 heavy (non-hydrogen) atoms. The lowest BCUT2D eigenvalue weighted by Crippen LogP contribution is -1.98. The minimum Gasteiger partial charge on any atom is -0.478 e. The van der Waals surface area contributed by atoms with Gasteiger partial charge in [0.2, 0.25) is 5.88 Å². The number of aromatic nitrogens is 1. The Morgan fingerprint density at radius 1 is 1.42 bits per heavy atom. The van der Waals surface area contributed by atoms with Gasteiger partial charge in [-0.25, -0.2) is 14.2 Å². The van der Waals surface area contributed by atoms with E-state index in [0.717, 1.165) is 6.07 Å². The average molecular weight is 258 g/mol. The zero-order valence-corrected chi connectivity index (χ0v) is 9.50. The van der Waals surface area contributed by atoms with Crippen LogP contribution in [0.1, 0.15) is 15.9 Å². The van der Waals surface area contributed by atoms with Crippen molar-refractivity contribution in [3.05, 3.63) is 53.5 Å². The molecule has 5 nitrogen and oxygen atoms in total. The third kappa shape index (κ3) is 2.66. The number of carboxylic acid groups (broad SMARTS) is 1. The van der Waals surface area contributed by atoms with Crippen molar-refractivity contribution in [3.8, 4) is 17.7 Å². The first kappa shape index (κ1) is 12.5. The molecule has 0 aliphatic carbocycles. The highest BCUT2D eigenvalue weighted by Crippen LogP contribution is 2.25. The van der Waals surface area contributed by atoms with E-state index in [1.54, 1.807) is 6.07 Å². The second-order valence-corrected chi connectivity index (χ2v) is 3.51. The van der Waals surface area contributed by atoms with Gasteiger partial charge in [-0.15, -0.1) is 0 Å². The Morgan fingerprint density at radius 2 is 2.21 bits per heavy atom. The van der Waals surface area contributed by atoms with Gasteiger partial charge in [-0.05, 0) is 18.2 Å². The van der Waals surface area contributed by atoms with Crippen molar-refractivity contribution in [1.82, 2.24) is 4.98 Å². The van der Waals surface area contributed by atoms with Crippen LogP contribution in [0.25, 0.3) is 0 Å². The van der Waals surface area contributed by atoms with Gasteiger partial charge in [0.25, 0.3) is 0 Å². The van der Waals surface area contributed by atoms with Crippen LogP contribution in [0.15, 0.2) is 36.5 Å². The molecular weight excluding hydrogens is 251 g/mol. The standard InChI is InChI=1S/C13H7FN2O3/c14-10-2-1-3-11(9(10)7-15)19-12-6-8(13(17)18)4-5-16-12/h1-6H,(H,17,18). The predicted molar refractivity (Wildman–Crippen MR) is 62.4 cm³/mol. The van der Waals surface area contributed by atoms with Crippen LogP contribution < -0.4 is 4.74 Å². The Kier molecular flexibility index (Phi) is 3.39. The lowest BCUT2D eigenvalue weighted by atomic mass is 10.2. The van der Waals surface area contributed by atoms with Gasteiger partial charge in [0.15, 0.2) is 0 Å². The topological polar surface area (TPSA) is 83.2 Å². The minimum atomic E-state index is -1.13. The van der Waals surface area contributed by atoms with Crippen LogP contribution >= 0.6 is 0 Å². The smallest absolute Gasteiger partial charge is 0.335 e. The molecule has 94 valence electrons. The molecule has 0 amide bonds. The number of carboxylic acids is 1. The molecule has 1 heterocycles. The molecule has 0 aliphatic rings. The van der Waals surface area contributed by atoms with E-state index in [1.807, 2.05) is 0 Å². The van der Waals surface area contributed by atoms with E-state index >= 15 is 0 Å². The highest BCUT2D eigenvalue weighted by molar-refractivity contribution is 5.87. The molecule has 2 aromatic rings. The van der Waals surface area contributed by atoms with E-state index in [9.17, 15) is 9.18 Å². The summed E-state index contributed by atoms with van der Waals surface area (Å²) in [6.07, 6.45) is 1.25. The molecule has 0 radical (unpaired) electrons. The molecule has 0 aliphatic heterocycles. The molecule has 0 unspecified atom stereocenters. The van der Waals surface area contributed by atoms with E-state index in [4.69, 9.17) is 15.1 Å². The predicted octanol–water partition coefficient (Wildman–Crippen LogP) is 2.58. The second kappa shape index (κ2) is 5.14. The number of pyridine rings is 1. The van der Waals surface area contributed by atoms with Gasteiger partial charge in [-0.2, -0.15) is 5.26 Å². The van der Waals surface area contributed by atoms with E-state index < -0.39 is 11.8 Å². The fourth-order valence-corrected chi connectivity index (χ4v) is 1.41. The van der Waals surface area contributed by atoms with E-state index in [1.165, 1.54) is 30.5 Å². The Balaban J connectivity index is 2.37. The Labute approximate surface area is 107 Å². The van der Waals surface area contributed by atoms with Gasteiger partial charge in [-0.3, -0.25) is 0 Å². The number of hydrogen-bond acceptors (Lipinski definition) is 4. The lowest BCUT2D eigenvalue weighted by molar-refractivity contribution is 0.0696. The summed E-state index contributed by atoms with van der Waals surface area (Å²) in [7, 11) is 0. The summed E-state index contributed by atoms with van der Waals surface area (Å²) in [6, 6.07) is 8.08. The molecule has 1 aromatic heterocycles. The number of hydrogen-bond donors (Lipinski definition) is 1. The molecule has 0 saturated heterocycles. The maximum Gasteiger partial charge on any atom is 0.335 e. The minimum absolute atomic E-state index is 0.0140. The van der Waals surface area contributed by atoms with Gasteiger partial charge in [0.05, 0.1) is 5.56 Å². The fourth-order valence-electron chi connectivity index (χ4n) is 1.41.